The summed E-state index contributed by atoms with van der Waals surface area (Å²) >= 11 is 0. The van der Waals surface area contributed by atoms with E-state index in [2.05, 4.69) is 31.9 Å². The second kappa shape index (κ2) is 9.86. The highest BCUT2D eigenvalue weighted by molar-refractivity contribution is 5.30. The Morgan fingerprint density at radius 1 is 1.06 bits per heavy atom. The van der Waals surface area contributed by atoms with Crippen LogP contribution in [-0.4, -0.2) is 25.0 Å². The normalized spacial score (nSPS) is 9.41. The maximum Gasteiger partial charge on any atom is 0.0991 e. The quantitative estimate of drug-likeness (QED) is 0.793. The smallest absolute Gasteiger partial charge is 0.0991 e. The molecule has 2 nitrogen and oxygen atoms in total. The molecule has 0 N–H and O–H groups in total. The van der Waals surface area contributed by atoms with Crippen LogP contribution in [0, 0.1) is 18.3 Å². The van der Waals surface area contributed by atoms with Gasteiger partial charge in [0, 0.05) is 0 Å². The molecule has 0 saturated heterocycles. The zero-order chi connectivity index (χ0) is 13.1. The summed E-state index contributed by atoms with van der Waals surface area (Å²) in [4.78, 5) is 2.36. The van der Waals surface area contributed by atoms with Crippen molar-refractivity contribution < 1.29 is 0 Å². The highest BCUT2D eigenvalue weighted by Crippen LogP contribution is 1.99. The lowest BCUT2D eigenvalue weighted by Gasteiger charge is -2.12. The third-order valence-electron chi connectivity index (χ3n) is 2.39. The zero-order valence-corrected chi connectivity index (χ0v) is 11.5. The second-order valence-electron chi connectivity index (χ2n) is 4.28. The Bertz CT molecular complexity index is 316. The molecule has 0 unspecified atom stereocenters. The Kier molecular flexibility index (Phi) is 9.09. The predicted octanol–water partition coefficient (Wildman–Crippen LogP) is 3.60. The first-order valence-corrected chi connectivity index (χ1v) is 6.29. The molecule has 0 heterocycles. The van der Waals surface area contributed by atoms with Crippen molar-refractivity contribution in [3.8, 4) is 6.07 Å². The summed E-state index contributed by atoms with van der Waals surface area (Å²) in [5.74, 6) is 0. The lowest BCUT2D eigenvalue weighted by Crippen LogP contribution is -2.19. The average Bonchev–Trinajstić information content (AvgIpc) is 2.32. The Hall–Kier alpha value is -1.33. The number of nitrogens with zero attached hydrogens (tertiary/aromatic N) is 2. The maximum absolute atomic E-state index is 8.38. The molecule has 1 rings (SSSR count). The van der Waals surface area contributed by atoms with Gasteiger partial charge in [-0.05, 0) is 52.0 Å². The van der Waals surface area contributed by atoms with Crippen LogP contribution in [0.1, 0.15) is 37.8 Å². The molecule has 1 aromatic rings. The van der Waals surface area contributed by atoms with Crippen molar-refractivity contribution in [2.24, 2.45) is 0 Å². The summed E-state index contributed by atoms with van der Waals surface area (Å²) in [7, 11) is 2.17. The molecular weight excluding hydrogens is 208 g/mol. The third-order valence-corrected chi connectivity index (χ3v) is 2.39. The van der Waals surface area contributed by atoms with Gasteiger partial charge in [-0.25, -0.2) is 0 Å². The van der Waals surface area contributed by atoms with Crippen LogP contribution in [-0.2, 0) is 0 Å². The van der Waals surface area contributed by atoms with Gasteiger partial charge in [-0.2, -0.15) is 5.26 Å². The lowest BCUT2D eigenvalue weighted by molar-refractivity contribution is 0.335. The monoisotopic (exact) mass is 232 g/mol. The van der Waals surface area contributed by atoms with Crippen molar-refractivity contribution in [3.63, 3.8) is 0 Å². The van der Waals surface area contributed by atoms with Gasteiger partial charge in [0.25, 0.3) is 0 Å². The first kappa shape index (κ1) is 15.7. The van der Waals surface area contributed by atoms with Gasteiger partial charge >= 0.3 is 0 Å². The number of rotatable bonds is 4. The molecule has 0 spiro atoms. The fourth-order valence-corrected chi connectivity index (χ4v) is 1.50. The van der Waals surface area contributed by atoms with E-state index >= 15 is 0 Å². The van der Waals surface area contributed by atoms with Crippen LogP contribution in [0.4, 0.5) is 0 Å². The van der Waals surface area contributed by atoms with Crippen LogP contribution in [0.5, 0.6) is 0 Å². The van der Waals surface area contributed by atoms with Gasteiger partial charge in [-0.1, -0.05) is 31.5 Å². The molecule has 0 amide bonds. The van der Waals surface area contributed by atoms with Crippen molar-refractivity contribution in [2.45, 2.75) is 33.6 Å². The highest BCUT2D eigenvalue weighted by Gasteiger charge is 1.90. The van der Waals surface area contributed by atoms with Crippen LogP contribution in [0.3, 0.4) is 0 Å². The summed E-state index contributed by atoms with van der Waals surface area (Å²) in [5.41, 5.74) is 1.91. The van der Waals surface area contributed by atoms with Gasteiger partial charge < -0.3 is 4.90 Å². The SMILES string of the molecule is CCCN(C)CCC.Cc1ccc(C#N)cc1. The molecule has 0 aliphatic rings. The molecule has 0 saturated carbocycles. The number of nitriles is 1. The van der Waals surface area contributed by atoms with E-state index in [1.807, 2.05) is 31.2 Å². The third kappa shape index (κ3) is 8.47. The minimum Gasteiger partial charge on any atom is -0.306 e. The average molecular weight is 232 g/mol. The molecule has 0 radical (unpaired) electrons. The van der Waals surface area contributed by atoms with E-state index in [0.717, 1.165) is 5.56 Å². The molecule has 0 bridgehead atoms. The van der Waals surface area contributed by atoms with Gasteiger partial charge in [0.1, 0.15) is 0 Å². The topological polar surface area (TPSA) is 27.0 Å². The molecule has 2 heteroatoms. The van der Waals surface area contributed by atoms with E-state index in [0.29, 0.717) is 0 Å². The largest absolute Gasteiger partial charge is 0.306 e. The number of benzene rings is 1. The van der Waals surface area contributed by atoms with Crippen molar-refractivity contribution in [1.29, 1.82) is 5.26 Å². The molecule has 0 aliphatic carbocycles. The molecule has 0 aromatic heterocycles. The Labute approximate surface area is 106 Å². The second-order valence-corrected chi connectivity index (χ2v) is 4.28. The van der Waals surface area contributed by atoms with Crippen molar-refractivity contribution in [2.75, 3.05) is 20.1 Å². The Balaban J connectivity index is 0.000000304. The van der Waals surface area contributed by atoms with Crippen molar-refractivity contribution in [1.82, 2.24) is 4.90 Å². The standard InChI is InChI=1S/C8H7N.C7H17N/c1-7-2-4-8(6-9)5-3-7;1-4-6-8(3)7-5-2/h2-5H,1H3;4-7H2,1-3H3. The first-order valence-electron chi connectivity index (χ1n) is 6.29. The summed E-state index contributed by atoms with van der Waals surface area (Å²) in [6, 6.07) is 9.54. The molecule has 1 aromatic carbocycles. The van der Waals surface area contributed by atoms with Crippen LogP contribution >= 0.6 is 0 Å². The van der Waals surface area contributed by atoms with Crippen molar-refractivity contribution in [3.05, 3.63) is 35.4 Å². The molecule has 0 aliphatic heterocycles. The first-order chi connectivity index (χ1) is 8.13. The van der Waals surface area contributed by atoms with Gasteiger partial charge in [0.2, 0.25) is 0 Å². The highest BCUT2D eigenvalue weighted by atomic mass is 15.1. The van der Waals surface area contributed by atoms with E-state index < -0.39 is 0 Å². The van der Waals surface area contributed by atoms with E-state index in [4.69, 9.17) is 5.26 Å². The van der Waals surface area contributed by atoms with E-state index in [1.165, 1.54) is 31.5 Å². The zero-order valence-electron chi connectivity index (χ0n) is 11.5. The van der Waals surface area contributed by atoms with Crippen LogP contribution in [0.25, 0.3) is 0 Å². The molecular formula is C15H24N2. The summed E-state index contributed by atoms with van der Waals surface area (Å²) in [5, 5.41) is 8.38. The molecule has 94 valence electrons. The number of hydrogen-bond acceptors (Lipinski definition) is 2. The molecule has 17 heavy (non-hydrogen) atoms. The number of hydrogen-bond donors (Lipinski definition) is 0. The summed E-state index contributed by atoms with van der Waals surface area (Å²) < 4.78 is 0. The van der Waals surface area contributed by atoms with Crippen LogP contribution in [0.15, 0.2) is 24.3 Å². The van der Waals surface area contributed by atoms with E-state index in [1.54, 1.807) is 0 Å². The number of aryl methyl sites for hydroxylation is 1. The van der Waals surface area contributed by atoms with Crippen molar-refractivity contribution >= 4 is 0 Å². The van der Waals surface area contributed by atoms with Crippen LogP contribution in [0.2, 0.25) is 0 Å². The van der Waals surface area contributed by atoms with Gasteiger partial charge in [-0.15, -0.1) is 0 Å². The molecule has 0 fully saturated rings. The Morgan fingerprint density at radius 2 is 1.53 bits per heavy atom. The lowest BCUT2D eigenvalue weighted by atomic mass is 10.2. The molecule has 0 atom stereocenters. The van der Waals surface area contributed by atoms with E-state index in [-0.39, 0.29) is 0 Å². The van der Waals surface area contributed by atoms with Crippen LogP contribution < -0.4 is 0 Å². The minimum atomic E-state index is 0.723. The maximum atomic E-state index is 8.38. The van der Waals surface area contributed by atoms with E-state index in [9.17, 15) is 0 Å². The predicted molar refractivity (Wildman–Crippen MR) is 74.0 cm³/mol. The van der Waals surface area contributed by atoms with Gasteiger partial charge in [0.15, 0.2) is 0 Å². The summed E-state index contributed by atoms with van der Waals surface area (Å²) in [6.45, 7) is 8.92. The van der Waals surface area contributed by atoms with Gasteiger partial charge in [-0.3, -0.25) is 0 Å². The fourth-order valence-electron chi connectivity index (χ4n) is 1.50. The Morgan fingerprint density at radius 3 is 1.88 bits per heavy atom. The minimum absolute atomic E-state index is 0.723. The fraction of sp³-hybridized carbons (Fsp3) is 0.533. The van der Waals surface area contributed by atoms with Gasteiger partial charge in [0.05, 0.1) is 11.6 Å². The summed E-state index contributed by atoms with van der Waals surface area (Å²) in [6.07, 6.45) is 2.55.